The van der Waals surface area contributed by atoms with E-state index in [0.717, 1.165) is 25.8 Å². The number of rotatable bonds is 4. The van der Waals surface area contributed by atoms with Gasteiger partial charge in [-0.2, -0.15) is 0 Å². The van der Waals surface area contributed by atoms with E-state index in [2.05, 4.69) is 17.1 Å². The van der Waals surface area contributed by atoms with Gasteiger partial charge in [-0.25, -0.2) is 0 Å². The topological polar surface area (TPSA) is 58.4 Å². The highest BCUT2D eigenvalue weighted by atomic mass is 16.2. The third-order valence-corrected chi connectivity index (χ3v) is 4.75. The van der Waals surface area contributed by atoms with Crippen LogP contribution in [0.1, 0.15) is 46.0 Å². The van der Waals surface area contributed by atoms with Crippen LogP contribution in [0, 0.1) is 5.92 Å². The van der Waals surface area contributed by atoms with Crippen molar-refractivity contribution in [2.75, 3.05) is 13.1 Å². The van der Waals surface area contributed by atoms with Crippen molar-refractivity contribution < 1.29 is 4.79 Å². The molecule has 1 heterocycles. The summed E-state index contributed by atoms with van der Waals surface area (Å²) >= 11 is 0. The lowest BCUT2D eigenvalue weighted by Crippen LogP contribution is -2.51. The molecule has 1 aliphatic carbocycles. The Morgan fingerprint density at radius 3 is 2.67 bits per heavy atom. The Labute approximate surface area is 110 Å². The van der Waals surface area contributed by atoms with Crippen LogP contribution in [0.5, 0.6) is 0 Å². The van der Waals surface area contributed by atoms with E-state index in [0.29, 0.717) is 24.5 Å². The van der Waals surface area contributed by atoms with Gasteiger partial charge in [-0.1, -0.05) is 19.8 Å². The Morgan fingerprint density at radius 2 is 2.06 bits per heavy atom. The molecule has 2 fully saturated rings. The van der Waals surface area contributed by atoms with Gasteiger partial charge in [0.15, 0.2) is 0 Å². The molecular weight excluding hydrogens is 226 g/mol. The molecule has 2 rings (SSSR count). The smallest absolute Gasteiger partial charge is 0.237 e. The lowest BCUT2D eigenvalue weighted by Gasteiger charge is -2.31. The van der Waals surface area contributed by atoms with Crippen molar-refractivity contribution >= 4 is 5.91 Å². The van der Waals surface area contributed by atoms with Gasteiger partial charge in [0, 0.05) is 18.6 Å². The number of nitrogens with zero attached hydrogens (tertiary/aromatic N) is 1. The molecule has 1 saturated carbocycles. The number of carbonyl (C=O) groups is 1. The van der Waals surface area contributed by atoms with E-state index in [-0.39, 0.29) is 11.9 Å². The summed E-state index contributed by atoms with van der Waals surface area (Å²) in [7, 11) is 0. The van der Waals surface area contributed by atoms with Crippen LogP contribution in [0.2, 0.25) is 0 Å². The van der Waals surface area contributed by atoms with E-state index in [1.165, 1.54) is 12.8 Å². The Hall–Kier alpha value is -0.610. The van der Waals surface area contributed by atoms with Crippen LogP contribution in [0.15, 0.2) is 0 Å². The molecule has 0 bridgehead atoms. The lowest BCUT2D eigenvalue weighted by atomic mass is 10.0. The summed E-state index contributed by atoms with van der Waals surface area (Å²) in [5, 5.41) is 3.19. The molecule has 0 spiro atoms. The third kappa shape index (κ3) is 2.86. The molecule has 1 saturated heterocycles. The maximum absolute atomic E-state index is 12.3. The Kier molecular flexibility index (Phi) is 4.62. The Balaban J connectivity index is 1.89. The Bertz CT molecular complexity index is 289. The number of carbonyl (C=O) groups excluding carboxylic acids is 1. The average molecular weight is 253 g/mol. The van der Waals surface area contributed by atoms with E-state index in [1.807, 2.05) is 6.92 Å². The fourth-order valence-corrected chi connectivity index (χ4v) is 3.43. The van der Waals surface area contributed by atoms with Crippen LogP contribution in [0.3, 0.4) is 0 Å². The quantitative estimate of drug-likeness (QED) is 0.789. The molecule has 3 unspecified atom stereocenters. The maximum atomic E-state index is 12.3. The molecular formula is C14H27N3O. The fraction of sp³-hybridized carbons (Fsp3) is 0.929. The SMILES string of the molecule is CC1CCN(C(C)C(=O)NC2CCCC2)C1CN. The van der Waals surface area contributed by atoms with Crippen LogP contribution in [0.25, 0.3) is 0 Å². The largest absolute Gasteiger partial charge is 0.352 e. The number of likely N-dealkylation sites (tertiary alicyclic amines) is 1. The van der Waals surface area contributed by atoms with E-state index in [4.69, 9.17) is 5.73 Å². The summed E-state index contributed by atoms with van der Waals surface area (Å²) in [4.78, 5) is 14.5. The van der Waals surface area contributed by atoms with E-state index in [9.17, 15) is 4.79 Å². The molecule has 1 aliphatic heterocycles. The second kappa shape index (κ2) is 6.02. The molecule has 2 aliphatic rings. The number of hydrogen-bond donors (Lipinski definition) is 2. The third-order valence-electron chi connectivity index (χ3n) is 4.75. The fourth-order valence-electron chi connectivity index (χ4n) is 3.43. The number of hydrogen-bond acceptors (Lipinski definition) is 3. The minimum atomic E-state index is -0.0379. The van der Waals surface area contributed by atoms with Crippen LogP contribution >= 0.6 is 0 Å². The van der Waals surface area contributed by atoms with Crippen molar-refractivity contribution in [3.05, 3.63) is 0 Å². The van der Waals surface area contributed by atoms with Crippen LogP contribution in [-0.4, -0.2) is 42.0 Å². The zero-order valence-corrected chi connectivity index (χ0v) is 11.7. The van der Waals surface area contributed by atoms with Gasteiger partial charge in [-0.3, -0.25) is 9.69 Å². The van der Waals surface area contributed by atoms with E-state index >= 15 is 0 Å². The van der Waals surface area contributed by atoms with Gasteiger partial charge < -0.3 is 11.1 Å². The van der Waals surface area contributed by atoms with Crippen molar-refractivity contribution in [2.24, 2.45) is 11.7 Å². The predicted octanol–water partition coefficient (Wildman–Crippen LogP) is 1.10. The van der Waals surface area contributed by atoms with Crippen molar-refractivity contribution in [3.63, 3.8) is 0 Å². The molecule has 1 amide bonds. The molecule has 0 aromatic rings. The highest BCUT2D eigenvalue weighted by Gasteiger charge is 2.36. The molecule has 18 heavy (non-hydrogen) atoms. The molecule has 4 nitrogen and oxygen atoms in total. The van der Waals surface area contributed by atoms with Crippen molar-refractivity contribution in [3.8, 4) is 0 Å². The monoisotopic (exact) mass is 253 g/mol. The minimum absolute atomic E-state index is 0.0379. The summed E-state index contributed by atoms with van der Waals surface area (Å²) < 4.78 is 0. The number of amides is 1. The summed E-state index contributed by atoms with van der Waals surface area (Å²) in [5.74, 6) is 0.797. The van der Waals surface area contributed by atoms with Crippen molar-refractivity contribution in [2.45, 2.75) is 64.1 Å². The summed E-state index contributed by atoms with van der Waals surface area (Å²) in [6, 6.07) is 0.745. The number of nitrogens with one attached hydrogen (secondary N) is 1. The first-order chi connectivity index (χ1) is 8.63. The first-order valence-electron chi connectivity index (χ1n) is 7.39. The molecule has 3 atom stereocenters. The summed E-state index contributed by atoms with van der Waals surface area (Å²) in [5.41, 5.74) is 5.84. The first kappa shape index (κ1) is 13.8. The van der Waals surface area contributed by atoms with Gasteiger partial charge in [-0.15, -0.1) is 0 Å². The minimum Gasteiger partial charge on any atom is -0.352 e. The maximum Gasteiger partial charge on any atom is 0.237 e. The second-order valence-electron chi connectivity index (χ2n) is 5.97. The van der Waals surface area contributed by atoms with E-state index < -0.39 is 0 Å². The predicted molar refractivity (Wildman–Crippen MR) is 73.2 cm³/mol. The molecule has 4 heteroatoms. The van der Waals surface area contributed by atoms with Crippen LogP contribution in [-0.2, 0) is 4.79 Å². The normalized spacial score (nSPS) is 31.7. The molecule has 0 radical (unpaired) electrons. The Morgan fingerprint density at radius 1 is 1.39 bits per heavy atom. The van der Waals surface area contributed by atoms with Crippen LogP contribution in [0.4, 0.5) is 0 Å². The zero-order valence-electron chi connectivity index (χ0n) is 11.7. The first-order valence-corrected chi connectivity index (χ1v) is 7.39. The highest BCUT2D eigenvalue weighted by molar-refractivity contribution is 5.81. The molecule has 3 N–H and O–H groups in total. The lowest BCUT2D eigenvalue weighted by molar-refractivity contribution is -0.127. The number of nitrogens with two attached hydrogens (primary N) is 1. The van der Waals surface area contributed by atoms with Gasteiger partial charge in [0.25, 0.3) is 0 Å². The van der Waals surface area contributed by atoms with Gasteiger partial charge >= 0.3 is 0 Å². The second-order valence-corrected chi connectivity index (χ2v) is 5.97. The zero-order chi connectivity index (χ0) is 13.1. The average Bonchev–Trinajstić information content (AvgIpc) is 2.97. The summed E-state index contributed by atoms with van der Waals surface area (Å²) in [6.45, 7) is 5.91. The van der Waals surface area contributed by atoms with Gasteiger partial charge in [0.1, 0.15) is 0 Å². The summed E-state index contributed by atoms with van der Waals surface area (Å²) in [6.07, 6.45) is 5.96. The standard InChI is InChI=1S/C14H27N3O/c1-10-7-8-17(13(10)9-15)11(2)14(18)16-12-5-3-4-6-12/h10-13H,3-9,15H2,1-2H3,(H,16,18). The molecule has 104 valence electrons. The van der Waals surface area contributed by atoms with Crippen molar-refractivity contribution in [1.29, 1.82) is 0 Å². The van der Waals surface area contributed by atoms with Gasteiger partial charge in [0.05, 0.1) is 6.04 Å². The highest BCUT2D eigenvalue weighted by Crippen LogP contribution is 2.25. The van der Waals surface area contributed by atoms with Gasteiger partial charge in [0.2, 0.25) is 5.91 Å². The van der Waals surface area contributed by atoms with E-state index in [1.54, 1.807) is 0 Å². The van der Waals surface area contributed by atoms with Crippen molar-refractivity contribution in [1.82, 2.24) is 10.2 Å². The van der Waals surface area contributed by atoms with Crippen LogP contribution < -0.4 is 11.1 Å². The molecule has 0 aromatic heterocycles. The molecule has 0 aromatic carbocycles. The van der Waals surface area contributed by atoms with Gasteiger partial charge in [-0.05, 0) is 38.6 Å².